The van der Waals surface area contributed by atoms with E-state index in [-0.39, 0.29) is 10.0 Å². The van der Waals surface area contributed by atoms with E-state index in [4.69, 9.17) is 16.3 Å². The summed E-state index contributed by atoms with van der Waals surface area (Å²) in [6.07, 6.45) is 6.93. The number of anilines is 1. The fourth-order valence-electron chi connectivity index (χ4n) is 3.33. The van der Waals surface area contributed by atoms with Gasteiger partial charge in [0.25, 0.3) is 5.91 Å². The van der Waals surface area contributed by atoms with Crippen molar-refractivity contribution in [2.75, 3.05) is 18.4 Å². The van der Waals surface area contributed by atoms with E-state index in [9.17, 15) is 18.0 Å². The molecule has 10 heteroatoms. The van der Waals surface area contributed by atoms with Crippen LogP contribution in [0.2, 0.25) is 5.15 Å². The quantitative estimate of drug-likeness (QED) is 0.358. The molecule has 1 aliphatic heterocycles. The normalized spacial score (nSPS) is 16.2. The first-order valence-corrected chi connectivity index (χ1v) is 12.5. The summed E-state index contributed by atoms with van der Waals surface area (Å²) in [6, 6.07) is 9.49. The van der Waals surface area contributed by atoms with Crippen molar-refractivity contribution >= 4 is 45.3 Å². The molecule has 8 nitrogen and oxygen atoms in total. The van der Waals surface area contributed by atoms with Crippen LogP contribution in [0, 0.1) is 0 Å². The Kier molecular flexibility index (Phi) is 8.60. The van der Waals surface area contributed by atoms with Crippen LogP contribution in [0.4, 0.5) is 5.69 Å². The van der Waals surface area contributed by atoms with E-state index in [1.807, 2.05) is 0 Å². The average molecular weight is 492 g/mol. The SMILES string of the molecule is CC(OC(=O)/C=C/c1ccc(S(=O)(=O)N2CCCCCC2)cc1)C(=O)Nc1cccnc1Cl. The summed E-state index contributed by atoms with van der Waals surface area (Å²) in [6.45, 7) is 2.51. The van der Waals surface area contributed by atoms with E-state index >= 15 is 0 Å². The molecule has 1 N–H and O–H groups in total. The summed E-state index contributed by atoms with van der Waals surface area (Å²) in [7, 11) is -3.53. The number of nitrogens with one attached hydrogen (secondary N) is 1. The molecule has 0 saturated carbocycles. The number of rotatable bonds is 7. The fourth-order valence-corrected chi connectivity index (χ4v) is 5.01. The summed E-state index contributed by atoms with van der Waals surface area (Å²) in [5.74, 6) is -1.26. The lowest BCUT2D eigenvalue weighted by Crippen LogP contribution is -2.31. The first-order valence-electron chi connectivity index (χ1n) is 10.7. The lowest BCUT2D eigenvalue weighted by atomic mass is 10.2. The predicted molar refractivity (Wildman–Crippen MR) is 126 cm³/mol. The highest BCUT2D eigenvalue weighted by Crippen LogP contribution is 2.21. The zero-order valence-electron chi connectivity index (χ0n) is 18.2. The molecule has 0 bridgehead atoms. The number of aromatic nitrogens is 1. The lowest BCUT2D eigenvalue weighted by molar-refractivity contribution is -0.148. The molecule has 0 spiro atoms. The number of esters is 1. The molecular weight excluding hydrogens is 466 g/mol. The molecular formula is C23H26ClN3O5S. The Balaban J connectivity index is 1.56. The van der Waals surface area contributed by atoms with Crippen LogP contribution < -0.4 is 5.32 Å². The molecule has 1 aromatic carbocycles. The van der Waals surface area contributed by atoms with Gasteiger partial charge in [-0.15, -0.1) is 0 Å². The highest BCUT2D eigenvalue weighted by Gasteiger charge is 2.24. The molecule has 1 saturated heterocycles. The van der Waals surface area contributed by atoms with Gasteiger partial charge in [-0.05, 0) is 55.7 Å². The number of pyridine rings is 1. The molecule has 3 rings (SSSR count). The zero-order valence-corrected chi connectivity index (χ0v) is 19.8. The van der Waals surface area contributed by atoms with E-state index in [1.54, 1.807) is 24.3 Å². The van der Waals surface area contributed by atoms with Crippen molar-refractivity contribution in [1.82, 2.24) is 9.29 Å². The molecule has 1 fully saturated rings. The molecule has 0 aliphatic carbocycles. The van der Waals surface area contributed by atoms with Crippen LogP contribution in [0.25, 0.3) is 6.08 Å². The van der Waals surface area contributed by atoms with Gasteiger partial charge in [0.05, 0.1) is 10.6 Å². The molecule has 33 heavy (non-hydrogen) atoms. The first kappa shape index (κ1) is 24.9. The van der Waals surface area contributed by atoms with Crippen LogP contribution in [-0.4, -0.2) is 48.8 Å². The molecule has 1 amide bonds. The third kappa shape index (κ3) is 6.86. The second-order valence-electron chi connectivity index (χ2n) is 7.63. The van der Waals surface area contributed by atoms with Crippen molar-refractivity contribution in [3.8, 4) is 0 Å². The second kappa shape index (κ2) is 11.4. The van der Waals surface area contributed by atoms with Crippen LogP contribution >= 0.6 is 11.6 Å². The fraction of sp³-hybridized carbons (Fsp3) is 0.348. The standard InChI is InChI=1S/C23H26ClN3O5S/c1-17(23(29)26-20-7-6-14-25-22(20)24)32-21(28)13-10-18-8-11-19(12-9-18)33(30,31)27-15-4-2-3-5-16-27/h6-14,17H,2-5,15-16H2,1H3,(H,26,29)/b13-10+. The van der Waals surface area contributed by atoms with Gasteiger partial charge >= 0.3 is 5.97 Å². The number of nitrogens with zero attached hydrogens (tertiary/aromatic N) is 2. The third-order valence-electron chi connectivity index (χ3n) is 5.17. The minimum absolute atomic E-state index is 0.130. The van der Waals surface area contributed by atoms with Crippen molar-refractivity contribution < 1.29 is 22.7 Å². The number of hydrogen-bond acceptors (Lipinski definition) is 6. The van der Waals surface area contributed by atoms with Gasteiger partial charge < -0.3 is 10.1 Å². The number of carbonyl (C=O) groups excluding carboxylic acids is 2. The summed E-state index contributed by atoms with van der Waals surface area (Å²) < 4.78 is 32.3. The monoisotopic (exact) mass is 491 g/mol. The van der Waals surface area contributed by atoms with Gasteiger partial charge in [0.1, 0.15) is 0 Å². The van der Waals surface area contributed by atoms with E-state index in [0.29, 0.717) is 24.3 Å². The van der Waals surface area contributed by atoms with Gasteiger partial charge in [-0.2, -0.15) is 4.31 Å². The Morgan fingerprint density at radius 1 is 1.12 bits per heavy atom. The Morgan fingerprint density at radius 3 is 2.42 bits per heavy atom. The summed E-state index contributed by atoms with van der Waals surface area (Å²) >= 11 is 5.90. The first-order chi connectivity index (χ1) is 15.8. The van der Waals surface area contributed by atoms with Crippen LogP contribution in [0.3, 0.4) is 0 Å². The van der Waals surface area contributed by atoms with Crippen LogP contribution in [0.5, 0.6) is 0 Å². The minimum atomic E-state index is -3.53. The molecule has 1 atom stereocenters. The van der Waals surface area contributed by atoms with Gasteiger partial charge in [0.2, 0.25) is 10.0 Å². The molecule has 2 aromatic rings. The number of sulfonamides is 1. The molecule has 1 aliphatic rings. The predicted octanol–water partition coefficient (Wildman–Crippen LogP) is 3.88. The van der Waals surface area contributed by atoms with E-state index in [0.717, 1.165) is 25.7 Å². The van der Waals surface area contributed by atoms with Crippen molar-refractivity contribution in [2.24, 2.45) is 0 Å². The van der Waals surface area contributed by atoms with Crippen LogP contribution in [-0.2, 0) is 24.3 Å². The Morgan fingerprint density at radius 2 is 1.79 bits per heavy atom. The molecule has 1 unspecified atom stereocenters. The maximum atomic E-state index is 12.8. The summed E-state index contributed by atoms with van der Waals surface area (Å²) in [5.41, 5.74) is 0.943. The van der Waals surface area contributed by atoms with E-state index < -0.39 is 28.0 Å². The smallest absolute Gasteiger partial charge is 0.331 e. The Hall–Kier alpha value is -2.75. The van der Waals surface area contributed by atoms with Crippen molar-refractivity contribution in [2.45, 2.75) is 43.6 Å². The highest BCUT2D eigenvalue weighted by molar-refractivity contribution is 7.89. The molecule has 2 heterocycles. The third-order valence-corrected chi connectivity index (χ3v) is 7.39. The summed E-state index contributed by atoms with van der Waals surface area (Å²) in [5, 5.41) is 2.67. The number of benzene rings is 1. The van der Waals surface area contributed by atoms with Crippen LogP contribution in [0.1, 0.15) is 38.2 Å². The number of halogens is 1. The number of hydrogen-bond donors (Lipinski definition) is 1. The van der Waals surface area contributed by atoms with Crippen molar-refractivity contribution in [3.05, 3.63) is 59.4 Å². The number of amides is 1. The minimum Gasteiger partial charge on any atom is -0.449 e. The summed E-state index contributed by atoms with van der Waals surface area (Å²) in [4.78, 5) is 28.4. The largest absolute Gasteiger partial charge is 0.449 e. The second-order valence-corrected chi connectivity index (χ2v) is 9.93. The van der Waals surface area contributed by atoms with E-state index in [2.05, 4.69) is 10.3 Å². The topological polar surface area (TPSA) is 106 Å². The molecule has 0 radical (unpaired) electrons. The van der Waals surface area contributed by atoms with Crippen molar-refractivity contribution in [1.29, 1.82) is 0 Å². The van der Waals surface area contributed by atoms with Gasteiger partial charge in [0, 0.05) is 25.4 Å². The molecule has 176 valence electrons. The Labute approximate surface area is 198 Å². The van der Waals surface area contributed by atoms with Crippen LogP contribution in [0.15, 0.2) is 53.6 Å². The van der Waals surface area contributed by atoms with Gasteiger partial charge in [-0.3, -0.25) is 4.79 Å². The zero-order chi connectivity index (χ0) is 23.8. The average Bonchev–Trinajstić information content (AvgIpc) is 3.10. The maximum Gasteiger partial charge on any atom is 0.331 e. The van der Waals surface area contributed by atoms with E-state index in [1.165, 1.54) is 41.7 Å². The van der Waals surface area contributed by atoms with Gasteiger partial charge in [0.15, 0.2) is 11.3 Å². The number of ether oxygens (including phenoxy) is 1. The Bertz CT molecular complexity index is 1110. The highest BCUT2D eigenvalue weighted by atomic mass is 35.5. The maximum absolute atomic E-state index is 12.8. The van der Waals surface area contributed by atoms with Gasteiger partial charge in [-0.1, -0.05) is 36.6 Å². The van der Waals surface area contributed by atoms with Crippen molar-refractivity contribution in [3.63, 3.8) is 0 Å². The number of carbonyl (C=O) groups is 2. The molecule has 1 aromatic heterocycles. The van der Waals surface area contributed by atoms with Gasteiger partial charge in [-0.25, -0.2) is 18.2 Å². The lowest BCUT2D eigenvalue weighted by Gasteiger charge is -2.19.